The highest BCUT2D eigenvalue weighted by atomic mass is 16.5. The zero-order valence-corrected chi connectivity index (χ0v) is 12.3. The number of rotatable bonds is 5. The highest BCUT2D eigenvalue weighted by Crippen LogP contribution is 2.16. The van der Waals surface area contributed by atoms with Gasteiger partial charge in [0.2, 0.25) is 5.95 Å². The standard InChI is InChI=1S/C14H18N6O2/c1-9-4-12(19-18-9)13(21)20(5-10-7-22-8-10)6-11-2-3-16-14(15)17-11/h2-4,10H,5-8H2,1H3,(H,18,19)(H2,15,16,17). The van der Waals surface area contributed by atoms with Crippen molar-refractivity contribution in [2.75, 3.05) is 25.5 Å². The Morgan fingerprint density at radius 2 is 2.36 bits per heavy atom. The Morgan fingerprint density at radius 3 is 2.95 bits per heavy atom. The Balaban J connectivity index is 1.78. The van der Waals surface area contributed by atoms with Crippen molar-refractivity contribution in [2.24, 2.45) is 5.92 Å². The molecule has 8 heteroatoms. The summed E-state index contributed by atoms with van der Waals surface area (Å²) in [5, 5.41) is 6.83. The van der Waals surface area contributed by atoms with Gasteiger partial charge >= 0.3 is 0 Å². The Kier molecular flexibility index (Phi) is 4.01. The minimum Gasteiger partial charge on any atom is -0.381 e. The van der Waals surface area contributed by atoms with Gasteiger partial charge in [-0.15, -0.1) is 0 Å². The second-order valence-electron chi connectivity index (χ2n) is 5.43. The number of hydrogen-bond acceptors (Lipinski definition) is 6. The van der Waals surface area contributed by atoms with E-state index in [9.17, 15) is 4.79 Å². The number of ether oxygens (including phenoxy) is 1. The maximum atomic E-state index is 12.7. The Hall–Kier alpha value is -2.48. The minimum absolute atomic E-state index is 0.131. The van der Waals surface area contributed by atoms with E-state index in [1.165, 1.54) is 0 Å². The molecule has 3 heterocycles. The number of nitrogens with two attached hydrogens (primary N) is 1. The average Bonchev–Trinajstić information content (AvgIpc) is 2.87. The summed E-state index contributed by atoms with van der Waals surface area (Å²) in [5.74, 6) is 0.420. The molecule has 1 aliphatic rings. The van der Waals surface area contributed by atoms with Crippen molar-refractivity contribution in [1.82, 2.24) is 25.1 Å². The number of H-pyrrole nitrogens is 1. The van der Waals surface area contributed by atoms with Gasteiger partial charge in [0.25, 0.3) is 5.91 Å². The van der Waals surface area contributed by atoms with Gasteiger partial charge in [-0.2, -0.15) is 5.10 Å². The van der Waals surface area contributed by atoms with Crippen LogP contribution < -0.4 is 5.73 Å². The van der Waals surface area contributed by atoms with Crippen LogP contribution in [0.25, 0.3) is 0 Å². The van der Waals surface area contributed by atoms with Crippen LogP contribution in [0.15, 0.2) is 18.3 Å². The number of carbonyl (C=O) groups excluding carboxylic acids is 1. The number of hydrogen-bond donors (Lipinski definition) is 2. The summed E-state index contributed by atoms with van der Waals surface area (Å²) in [6.45, 7) is 4.19. The van der Waals surface area contributed by atoms with Crippen LogP contribution in [0.3, 0.4) is 0 Å². The first-order valence-electron chi connectivity index (χ1n) is 7.08. The van der Waals surface area contributed by atoms with Crippen molar-refractivity contribution in [3.63, 3.8) is 0 Å². The van der Waals surface area contributed by atoms with E-state index in [1.54, 1.807) is 23.2 Å². The lowest BCUT2D eigenvalue weighted by molar-refractivity contribution is -0.0443. The highest BCUT2D eigenvalue weighted by Gasteiger charge is 2.26. The van der Waals surface area contributed by atoms with E-state index < -0.39 is 0 Å². The molecule has 0 spiro atoms. The van der Waals surface area contributed by atoms with Crippen molar-refractivity contribution in [3.8, 4) is 0 Å². The Bertz CT molecular complexity index is 667. The number of aryl methyl sites for hydroxylation is 1. The molecule has 1 fully saturated rings. The Labute approximate surface area is 127 Å². The fraction of sp³-hybridized carbons (Fsp3) is 0.429. The first kappa shape index (κ1) is 14.5. The van der Waals surface area contributed by atoms with Crippen LogP contribution in [0.1, 0.15) is 21.9 Å². The van der Waals surface area contributed by atoms with Gasteiger partial charge in [0, 0.05) is 24.4 Å². The van der Waals surface area contributed by atoms with Gasteiger partial charge in [-0.3, -0.25) is 9.89 Å². The van der Waals surface area contributed by atoms with Gasteiger partial charge < -0.3 is 15.4 Å². The van der Waals surface area contributed by atoms with E-state index in [0.29, 0.717) is 43.6 Å². The van der Waals surface area contributed by atoms with Gasteiger partial charge in [-0.25, -0.2) is 9.97 Å². The molecule has 8 nitrogen and oxygen atoms in total. The van der Waals surface area contributed by atoms with Crippen LogP contribution in [0, 0.1) is 12.8 Å². The lowest BCUT2D eigenvalue weighted by atomic mass is 10.1. The average molecular weight is 302 g/mol. The Morgan fingerprint density at radius 1 is 1.55 bits per heavy atom. The minimum atomic E-state index is -0.131. The van der Waals surface area contributed by atoms with E-state index in [2.05, 4.69) is 20.2 Å². The van der Waals surface area contributed by atoms with E-state index >= 15 is 0 Å². The number of nitrogens with one attached hydrogen (secondary N) is 1. The molecule has 3 rings (SSSR count). The fourth-order valence-corrected chi connectivity index (χ4v) is 2.31. The van der Waals surface area contributed by atoms with Crippen molar-refractivity contribution in [2.45, 2.75) is 13.5 Å². The van der Waals surface area contributed by atoms with E-state index in [4.69, 9.17) is 10.5 Å². The third-order valence-electron chi connectivity index (χ3n) is 3.48. The molecule has 1 amide bonds. The van der Waals surface area contributed by atoms with Gasteiger partial charge in [0.15, 0.2) is 0 Å². The fourth-order valence-electron chi connectivity index (χ4n) is 2.31. The van der Waals surface area contributed by atoms with Crippen LogP contribution in [-0.4, -0.2) is 50.7 Å². The summed E-state index contributed by atoms with van der Waals surface area (Å²) in [5.41, 5.74) is 7.55. The third-order valence-corrected chi connectivity index (χ3v) is 3.48. The van der Waals surface area contributed by atoms with Crippen molar-refractivity contribution < 1.29 is 9.53 Å². The SMILES string of the molecule is Cc1cc(C(=O)N(Cc2ccnc(N)n2)CC2COC2)n[nH]1. The van der Waals surface area contributed by atoms with Crippen molar-refractivity contribution in [1.29, 1.82) is 0 Å². The third kappa shape index (κ3) is 3.22. The van der Waals surface area contributed by atoms with E-state index in [1.807, 2.05) is 6.92 Å². The van der Waals surface area contributed by atoms with Gasteiger partial charge in [0.1, 0.15) is 5.69 Å². The summed E-state index contributed by atoms with van der Waals surface area (Å²) >= 11 is 0. The predicted molar refractivity (Wildman–Crippen MR) is 78.8 cm³/mol. The largest absolute Gasteiger partial charge is 0.381 e. The molecule has 0 aliphatic carbocycles. The molecular formula is C14H18N6O2. The number of anilines is 1. The first-order valence-corrected chi connectivity index (χ1v) is 7.08. The quantitative estimate of drug-likeness (QED) is 0.826. The van der Waals surface area contributed by atoms with Gasteiger partial charge in [0.05, 0.1) is 25.5 Å². The summed E-state index contributed by atoms with van der Waals surface area (Å²) in [4.78, 5) is 22.4. The van der Waals surface area contributed by atoms with Crippen molar-refractivity contribution in [3.05, 3.63) is 35.4 Å². The van der Waals surface area contributed by atoms with Crippen LogP contribution in [0.2, 0.25) is 0 Å². The molecule has 2 aromatic rings. The maximum Gasteiger partial charge on any atom is 0.274 e. The normalized spacial score (nSPS) is 14.6. The molecule has 0 radical (unpaired) electrons. The number of aromatic nitrogens is 4. The predicted octanol–water partition coefficient (Wildman–Crippen LogP) is 0.379. The number of nitrogens with zero attached hydrogens (tertiary/aromatic N) is 4. The molecule has 22 heavy (non-hydrogen) atoms. The van der Waals surface area contributed by atoms with Crippen LogP contribution in [-0.2, 0) is 11.3 Å². The van der Waals surface area contributed by atoms with Gasteiger partial charge in [-0.05, 0) is 19.1 Å². The highest BCUT2D eigenvalue weighted by molar-refractivity contribution is 5.92. The number of aromatic amines is 1. The van der Waals surface area contributed by atoms with Crippen molar-refractivity contribution >= 4 is 11.9 Å². The zero-order chi connectivity index (χ0) is 15.5. The maximum absolute atomic E-state index is 12.7. The van der Waals surface area contributed by atoms with E-state index in [-0.39, 0.29) is 11.9 Å². The van der Waals surface area contributed by atoms with Gasteiger partial charge in [-0.1, -0.05) is 0 Å². The number of amides is 1. The molecule has 0 bridgehead atoms. The summed E-state index contributed by atoms with van der Waals surface area (Å²) < 4.78 is 5.19. The second-order valence-corrected chi connectivity index (χ2v) is 5.43. The van der Waals surface area contributed by atoms with Crippen LogP contribution in [0.4, 0.5) is 5.95 Å². The number of nitrogen functional groups attached to an aromatic ring is 1. The van der Waals surface area contributed by atoms with E-state index in [0.717, 1.165) is 5.69 Å². The van der Waals surface area contributed by atoms with Crippen LogP contribution >= 0.6 is 0 Å². The number of carbonyl (C=O) groups is 1. The molecular weight excluding hydrogens is 284 g/mol. The summed E-state index contributed by atoms with van der Waals surface area (Å²) in [7, 11) is 0. The smallest absolute Gasteiger partial charge is 0.274 e. The molecule has 1 saturated heterocycles. The summed E-state index contributed by atoms with van der Waals surface area (Å²) in [6.07, 6.45) is 1.59. The molecule has 2 aromatic heterocycles. The second kappa shape index (κ2) is 6.10. The molecule has 0 atom stereocenters. The lowest BCUT2D eigenvalue weighted by Gasteiger charge is -2.32. The first-order chi connectivity index (χ1) is 10.6. The molecule has 0 saturated carbocycles. The molecule has 3 N–H and O–H groups in total. The molecule has 0 unspecified atom stereocenters. The monoisotopic (exact) mass is 302 g/mol. The molecule has 0 aromatic carbocycles. The molecule has 116 valence electrons. The van der Waals surface area contributed by atoms with Crippen LogP contribution in [0.5, 0.6) is 0 Å². The summed E-state index contributed by atoms with van der Waals surface area (Å²) in [6, 6.07) is 3.49. The zero-order valence-electron chi connectivity index (χ0n) is 12.3. The topological polar surface area (TPSA) is 110 Å². The molecule has 1 aliphatic heterocycles. The lowest BCUT2D eigenvalue weighted by Crippen LogP contribution is -2.42.